The van der Waals surface area contributed by atoms with Crippen molar-refractivity contribution in [2.45, 2.75) is 0 Å². The molecule has 1 aromatic rings. The van der Waals surface area contributed by atoms with Gasteiger partial charge in [-0.15, -0.1) is 0 Å². The van der Waals surface area contributed by atoms with Crippen LogP contribution >= 0.6 is 23.2 Å². The maximum absolute atomic E-state index is 10.7. The van der Waals surface area contributed by atoms with E-state index in [0.717, 1.165) is 18.8 Å². The third-order valence-electron chi connectivity index (χ3n) is 2.57. The number of rotatable bonds is 2. The van der Waals surface area contributed by atoms with Crippen molar-refractivity contribution in [3.05, 3.63) is 27.7 Å². The average molecular weight is 260 g/mol. The molecule has 2 rings (SSSR count). The third kappa shape index (κ3) is 2.17. The van der Waals surface area contributed by atoms with Gasteiger partial charge in [-0.05, 0) is 12.1 Å². The molecular weight excluding hydrogens is 249 g/mol. The van der Waals surface area contributed by atoms with E-state index in [1.165, 1.54) is 0 Å². The molecule has 1 fully saturated rings. The number of ether oxygens (including phenoxy) is 1. The van der Waals surface area contributed by atoms with Crippen molar-refractivity contribution in [2.24, 2.45) is 0 Å². The molecule has 1 aliphatic rings. The highest BCUT2D eigenvalue weighted by molar-refractivity contribution is 6.45. The van der Waals surface area contributed by atoms with Crippen molar-refractivity contribution in [3.8, 4) is 0 Å². The van der Waals surface area contributed by atoms with E-state index in [1.54, 1.807) is 6.07 Å². The Hall–Kier alpha value is -0.770. The van der Waals surface area contributed by atoms with Gasteiger partial charge in [0.1, 0.15) is 0 Å². The number of morpholine rings is 1. The maximum atomic E-state index is 10.7. The van der Waals surface area contributed by atoms with E-state index in [-0.39, 0.29) is 0 Å². The van der Waals surface area contributed by atoms with Crippen LogP contribution in [0.25, 0.3) is 0 Å². The minimum atomic E-state index is 0.320. The highest BCUT2D eigenvalue weighted by Crippen LogP contribution is 2.34. The second-order valence-electron chi connectivity index (χ2n) is 3.52. The topological polar surface area (TPSA) is 29.5 Å². The Morgan fingerprint density at radius 2 is 1.88 bits per heavy atom. The standard InChI is InChI=1S/C11H11Cl2NO2/c12-10-8(7-15)1-2-9(11(10)13)14-3-5-16-6-4-14/h1-2,7H,3-6H2. The molecule has 0 saturated carbocycles. The molecule has 0 N–H and O–H groups in total. The van der Waals surface area contributed by atoms with Gasteiger partial charge in [-0.2, -0.15) is 0 Å². The fourth-order valence-electron chi connectivity index (χ4n) is 1.69. The fraction of sp³-hybridized carbons (Fsp3) is 0.364. The molecular formula is C11H11Cl2NO2. The molecule has 0 amide bonds. The maximum Gasteiger partial charge on any atom is 0.151 e. The Labute approximate surface area is 104 Å². The lowest BCUT2D eigenvalue weighted by Crippen LogP contribution is -2.36. The summed E-state index contributed by atoms with van der Waals surface area (Å²) in [7, 11) is 0. The van der Waals surface area contributed by atoms with Gasteiger partial charge >= 0.3 is 0 Å². The zero-order valence-electron chi connectivity index (χ0n) is 8.58. The predicted molar refractivity (Wildman–Crippen MR) is 64.9 cm³/mol. The van der Waals surface area contributed by atoms with Crippen molar-refractivity contribution < 1.29 is 9.53 Å². The SMILES string of the molecule is O=Cc1ccc(N2CCOCC2)c(Cl)c1Cl. The first-order valence-electron chi connectivity index (χ1n) is 5.00. The van der Waals surface area contributed by atoms with E-state index in [9.17, 15) is 4.79 Å². The number of benzene rings is 1. The van der Waals surface area contributed by atoms with Crippen molar-refractivity contribution in [1.29, 1.82) is 0 Å². The Bertz CT molecular complexity index is 403. The summed E-state index contributed by atoms with van der Waals surface area (Å²) in [6.07, 6.45) is 0.706. The lowest BCUT2D eigenvalue weighted by Gasteiger charge is -2.29. The molecule has 5 heteroatoms. The van der Waals surface area contributed by atoms with Gasteiger partial charge < -0.3 is 9.64 Å². The van der Waals surface area contributed by atoms with Crippen molar-refractivity contribution in [3.63, 3.8) is 0 Å². The summed E-state index contributed by atoms with van der Waals surface area (Å²) in [5, 5.41) is 0.758. The molecule has 0 radical (unpaired) electrons. The number of halogens is 2. The molecule has 0 aliphatic carbocycles. The number of aldehydes is 1. The number of hydrogen-bond acceptors (Lipinski definition) is 3. The summed E-state index contributed by atoms with van der Waals surface area (Å²) < 4.78 is 5.26. The van der Waals surface area contributed by atoms with Crippen LogP contribution in [0.3, 0.4) is 0 Å². The van der Waals surface area contributed by atoms with Crippen LogP contribution < -0.4 is 4.90 Å². The minimum Gasteiger partial charge on any atom is -0.378 e. The molecule has 3 nitrogen and oxygen atoms in total. The first-order valence-corrected chi connectivity index (χ1v) is 5.75. The fourth-order valence-corrected chi connectivity index (χ4v) is 2.19. The average Bonchev–Trinajstić information content (AvgIpc) is 2.34. The summed E-state index contributed by atoms with van der Waals surface area (Å²) in [6, 6.07) is 3.51. The second-order valence-corrected chi connectivity index (χ2v) is 4.28. The van der Waals surface area contributed by atoms with E-state index < -0.39 is 0 Å². The zero-order chi connectivity index (χ0) is 11.5. The zero-order valence-corrected chi connectivity index (χ0v) is 10.1. The van der Waals surface area contributed by atoms with Gasteiger partial charge in [0.15, 0.2) is 6.29 Å². The van der Waals surface area contributed by atoms with Crippen LogP contribution in [0, 0.1) is 0 Å². The number of carbonyl (C=O) groups is 1. The molecule has 86 valence electrons. The van der Waals surface area contributed by atoms with Crippen LogP contribution in [0.5, 0.6) is 0 Å². The normalized spacial score (nSPS) is 16.2. The van der Waals surface area contributed by atoms with Crippen LogP contribution in [-0.2, 0) is 4.74 Å². The van der Waals surface area contributed by atoms with Crippen LogP contribution in [0.1, 0.15) is 10.4 Å². The van der Waals surface area contributed by atoms with Crippen molar-refractivity contribution in [1.82, 2.24) is 0 Å². The lowest BCUT2D eigenvalue weighted by molar-refractivity contribution is 0.112. The Morgan fingerprint density at radius 3 is 2.50 bits per heavy atom. The second kappa shape index (κ2) is 5.04. The van der Waals surface area contributed by atoms with Crippen LogP contribution in [-0.4, -0.2) is 32.6 Å². The van der Waals surface area contributed by atoms with E-state index in [4.69, 9.17) is 27.9 Å². The largest absolute Gasteiger partial charge is 0.378 e. The Kier molecular flexibility index (Phi) is 3.69. The molecule has 1 heterocycles. The van der Waals surface area contributed by atoms with Crippen LogP contribution in [0.2, 0.25) is 10.0 Å². The summed E-state index contributed by atoms with van der Waals surface area (Å²) in [5.41, 5.74) is 1.28. The van der Waals surface area contributed by atoms with E-state index >= 15 is 0 Å². The minimum absolute atomic E-state index is 0.320. The molecule has 0 atom stereocenters. The molecule has 0 spiro atoms. The van der Waals surface area contributed by atoms with E-state index in [2.05, 4.69) is 4.90 Å². The van der Waals surface area contributed by atoms with Crippen molar-refractivity contribution in [2.75, 3.05) is 31.2 Å². The molecule has 1 saturated heterocycles. The summed E-state index contributed by atoms with van der Waals surface area (Å²) in [5.74, 6) is 0. The quantitative estimate of drug-likeness (QED) is 0.765. The van der Waals surface area contributed by atoms with Gasteiger partial charge in [-0.1, -0.05) is 23.2 Å². The van der Waals surface area contributed by atoms with Gasteiger partial charge in [0.2, 0.25) is 0 Å². The highest BCUT2D eigenvalue weighted by atomic mass is 35.5. The van der Waals surface area contributed by atoms with Gasteiger partial charge in [0, 0.05) is 18.7 Å². The van der Waals surface area contributed by atoms with E-state index in [1.807, 2.05) is 6.07 Å². The Morgan fingerprint density at radius 1 is 1.19 bits per heavy atom. The first-order chi connectivity index (χ1) is 7.74. The van der Waals surface area contributed by atoms with Crippen LogP contribution in [0.15, 0.2) is 12.1 Å². The predicted octanol–water partition coefficient (Wildman–Crippen LogP) is 2.64. The summed E-state index contributed by atoms with van der Waals surface area (Å²) in [6.45, 7) is 2.94. The molecule has 0 bridgehead atoms. The van der Waals surface area contributed by atoms with Gasteiger partial charge in [0.05, 0.1) is 28.9 Å². The third-order valence-corrected chi connectivity index (χ3v) is 3.46. The molecule has 1 aromatic carbocycles. The van der Waals surface area contributed by atoms with E-state index in [0.29, 0.717) is 35.1 Å². The van der Waals surface area contributed by atoms with Gasteiger partial charge in [-0.3, -0.25) is 4.79 Å². The number of nitrogens with zero attached hydrogens (tertiary/aromatic N) is 1. The lowest BCUT2D eigenvalue weighted by atomic mass is 10.2. The molecule has 1 aliphatic heterocycles. The Balaban J connectivity index is 2.34. The summed E-state index contributed by atoms with van der Waals surface area (Å²) >= 11 is 12.1. The first kappa shape index (κ1) is 11.7. The van der Waals surface area contributed by atoms with Crippen molar-refractivity contribution >= 4 is 35.2 Å². The van der Waals surface area contributed by atoms with Gasteiger partial charge in [-0.25, -0.2) is 0 Å². The van der Waals surface area contributed by atoms with Gasteiger partial charge in [0.25, 0.3) is 0 Å². The monoisotopic (exact) mass is 259 g/mol. The van der Waals surface area contributed by atoms with Crippen LogP contribution in [0.4, 0.5) is 5.69 Å². The number of hydrogen-bond donors (Lipinski definition) is 0. The molecule has 0 unspecified atom stereocenters. The molecule has 16 heavy (non-hydrogen) atoms. The number of carbonyl (C=O) groups excluding carboxylic acids is 1. The highest BCUT2D eigenvalue weighted by Gasteiger charge is 2.17. The molecule has 0 aromatic heterocycles. The smallest absolute Gasteiger partial charge is 0.151 e. The number of anilines is 1. The summed E-state index contributed by atoms with van der Waals surface area (Å²) in [4.78, 5) is 12.8.